The molecule has 1 aromatic carbocycles. The van der Waals surface area contributed by atoms with E-state index in [2.05, 4.69) is 5.32 Å². The van der Waals surface area contributed by atoms with Gasteiger partial charge in [0.05, 0.1) is 23.3 Å². The molecule has 0 bridgehead atoms. The monoisotopic (exact) mass is 255 g/mol. The Bertz CT molecular complexity index is 463. The number of benzene rings is 1. The van der Waals surface area contributed by atoms with Gasteiger partial charge in [-0.2, -0.15) is 0 Å². The molecular formula is C10H13N3O5. The number of amides is 1. The van der Waals surface area contributed by atoms with Crippen LogP contribution in [-0.2, 0) is 0 Å². The number of aliphatic hydroxyl groups is 2. The molecule has 0 aliphatic carbocycles. The van der Waals surface area contributed by atoms with Gasteiger partial charge >= 0.3 is 0 Å². The lowest BCUT2D eigenvalue weighted by atomic mass is 10.1. The van der Waals surface area contributed by atoms with E-state index in [1.807, 2.05) is 0 Å². The third-order valence-electron chi connectivity index (χ3n) is 2.22. The van der Waals surface area contributed by atoms with E-state index >= 15 is 0 Å². The molecule has 98 valence electrons. The zero-order valence-corrected chi connectivity index (χ0v) is 9.37. The summed E-state index contributed by atoms with van der Waals surface area (Å²) in [6.07, 6.45) is -1.04. The second-order valence-corrected chi connectivity index (χ2v) is 3.54. The number of aliphatic hydroxyl groups excluding tert-OH is 2. The van der Waals surface area contributed by atoms with Crippen LogP contribution in [0.25, 0.3) is 0 Å². The standard InChI is InChI=1S/C10H13N3O5/c11-10(16)9-7(12-4-6(15)5-14)2-1-3-8(9)13(17)18/h1-3,6,12,14-15H,4-5H2,(H2,11,16). The first kappa shape index (κ1) is 13.9. The second-order valence-electron chi connectivity index (χ2n) is 3.54. The molecule has 1 amide bonds. The van der Waals surface area contributed by atoms with Crippen molar-refractivity contribution in [3.63, 3.8) is 0 Å². The summed E-state index contributed by atoms with van der Waals surface area (Å²) in [6, 6.07) is 3.98. The molecule has 0 aliphatic rings. The number of nitro groups is 1. The SMILES string of the molecule is NC(=O)c1c(NCC(O)CO)cccc1[N+](=O)[O-]. The minimum Gasteiger partial charge on any atom is -0.394 e. The van der Waals surface area contributed by atoms with E-state index in [1.54, 1.807) is 0 Å². The van der Waals surface area contributed by atoms with Gasteiger partial charge in [-0.15, -0.1) is 0 Å². The zero-order chi connectivity index (χ0) is 13.7. The molecule has 0 spiro atoms. The molecule has 1 unspecified atom stereocenters. The van der Waals surface area contributed by atoms with Gasteiger partial charge < -0.3 is 21.3 Å². The third kappa shape index (κ3) is 3.15. The number of nitro benzene ring substituents is 1. The van der Waals surface area contributed by atoms with Crippen molar-refractivity contribution in [3.05, 3.63) is 33.9 Å². The van der Waals surface area contributed by atoms with E-state index in [4.69, 9.17) is 15.9 Å². The molecular weight excluding hydrogens is 242 g/mol. The first-order chi connectivity index (χ1) is 8.47. The van der Waals surface area contributed by atoms with Gasteiger partial charge in [-0.1, -0.05) is 6.07 Å². The summed E-state index contributed by atoms with van der Waals surface area (Å²) < 4.78 is 0. The van der Waals surface area contributed by atoms with Gasteiger partial charge in [0.1, 0.15) is 5.56 Å². The van der Waals surface area contributed by atoms with E-state index in [1.165, 1.54) is 12.1 Å². The fourth-order valence-corrected chi connectivity index (χ4v) is 1.39. The van der Waals surface area contributed by atoms with Crippen LogP contribution < -0.4 is 11.1 Å². The molecule has 5 N–H and O–H groups in total. The zero-order valence-electron chi connectivity index (χ0n) is 9.37. The Morgan fingerprint density at radius 2 is 2.22 bits per heavy atom. The summed E-state index contributed by atoms with van der Waals surface area (Å²) in [5, 5.41) is 31.2. The fraction of sp³-hybridized carbons (Fsp3) is 0.300. The van der Waals surface area contributed by atoms with Crippen molar-refractivity contribution >= 4 is 17.3 Å². The molecule has 0 radical (unpaired) electrons. The number of nitrogens with two attached hydrogens (primary N) is 1. The fourth-order valence-electron chi connectivity index (χ4n) is 1.39. The Kier molecular flexibility index (Phi) is 4.58. The predicted octanol–water partition coefficient (Wildman–Crippen LogP) is -0.541. The van der Waals surface area contributed by atoms with Crippen molar-refractivity contribution in [2.45, 2.75) is 6.10 Å². The second kappa shape index (κ2) is 5.94. The van der Waals surface area contributed by atoms with E-state index in [0.29, 0.717) is 0 Å². The highest BCUT2D eigenvalue weighted by Crippen LogP contribution is 2.25. The predicted molar refractivity (Wildman–Crippen MR) is 63.2 cm³/mol. The van der Waals surface area contributed by atoms with Crippen LogP contribution in [0.3, 0.4) is 0 Å². The summed E-state index contributed by atoms with van der Waals surface area (Å²) in [5.74, 6) is -0.941. The van der Waals surface area contributed by atoms with Crippen LogP contribution in [0.2, 0.25) is 0 Å². The van der Waals surface area contributed by atoms with Gasteiger partial charge in [0.25, 0.3) is 11.6 Å². The topological polar surface area (TPSA) is 139 Å². The number of carbonyl (C=O) groups excluding carboxylic acids is 1. The molecule has 1 aromatic rings. The van der Waals surface area contributed by atoms with Gasteiger partial charge in [0.15, 0.2) is 0 Å². The Hall–Kier alpha value is -2.19. The number of rotatable bonds is 6. The highest BCUT2D eigenvalue weighted by atomic mass is 16.6. The molecule has 1 rings (SSSR count). The number of primary amides is 1. The average molecular weight is 255 g/mol. The van der Waals surface area contributed by atoms with Crippen molar-refractivity contribution in [1.82, 2.24) is 0 Å². The average Bonchev–Trinajstić information content (AvgIpc) is 2.34. The van der Waals surface area contributed by atoms with E-state index in [-0.39, 0.29) is 17.8 Å². The van der Waals surface area contributed by atoms with Gasteiger partial charge in [-0.3, -0.25) is 14.9 Å². The van der Waals surface area contributed by atoms with Crippen molar-refractivity contribution in [2.24, 2.45) is 5.73 Å². The lowest BCUT2D eigenvalue weighted by Crippen LogP contribution is -2.25. The smallest absolute Gasteiger partial charge is 0.284 e. The van der Waals surface area contributed by atoms with Crippen LogP contribution in [0.15, 0.2) is 18.2 Å². The lowest BCUT2D eigenvalue weighted by molar-refractivity contribution is -0.385. The highest BCUT2D eigenvalue weighted by molar-refractivity contribution is 6.02. The van der Waals surface area contributed by atoms with Crippen molar-refractivity contribution in [2.75, 3.05) is 18.5 Å². The maximum atomic E-state index is 11.2. The summed E-state index contributed by atoms with van der Waals surface area (Å²) in [7, 11) is 0. The van der Waals surface area contributed by atoms with Crippen LogP contribution in [0.5, 0.6) is 0 Å². The number of hydrogen-bond acceptors (Lipinski definition) is 6. The Morgan fingerprint density at radius 1 is 1.56 bits per heavy atom. The number of nitrogens with one attached hydrogen (secondary N) is 1. The molecule has 0 aromatic heterocycles. The molecule has 0 saturated carbocycles. The van der Waals surface area contributed by atoms with Gasteiger partial charge in [-0.05, 0) is 6.07 Å². The van der Waals surface area contributed by atoms with Crippen LogP contribution in [0, 0.1) is 10.1 Å². The van der Waals surface area contributed by atoms with Crippen molar-refractivity contribution < 1.29 is 19.9 Å². The molecule has 1 atom stereocenters. The Labute approximate surface area is 102 Å². The van der Waals surface area contributed by atoms with Crippen molar-refractivity contribution in [1.29, 1.82) is 0 Å². The summed E-state index contributed by atoms with van der Waals surface area (Å²) in [4.78, 5) is 21.3. The maximum Gasteiger partial charge on any atom is 0.284 e. The molecule has 0 saturated heterocycles. The van der Waals surface area contributed by atoms with Crippen LogP contribution >= 0.6 is 0 Å². The molecule has 0 fully saturated rings. The largest absolute Gasteiger partial charge is 0.394 e. The van der Waals surface area contributed by atoms with Crippen LogP contribution in [-0.4, -0.2) is 40.3 Å². The number of carbonyl (C=O) groups is 1. The Morgan fingerprint density at radius 3 is 2.72 bits per heavy atom. The Balaban J connectivity index is 3.07. The molecule has 8 nitrogen and oxygen atoms in total. The van der Waals surface area contributed by atoms with Gasteiger partial charge in [0, 0.05) is 12.6 Å². The van der Waals surface area contributed by atoms with Crippen LogP contribution in [0.1, 0.15) is 10.4 Å². The lowest BCUT2D eigenvalue weighted by Gasteiger charge is -2.12. The summed E-state index contributed by atoms with van der Waals surface area (Å²) in [5.41, 5.74) is 4.57. The molecule has 8 heteroatoms. The van der Waals surface area contributed by atoms with Gasteiger partial charge in [0.2, 0.25) is 0 Å². The number of hydrogen-bond donors (Lipinski definition) is 4. The summed E-state index contributed by atoms with van der Waals surface area (Å²) in [6.45, 7) is -0.522. The molecule has 0 aliphatic heterocycles. The summed E-state index contributed by atoms with van der Waals surface area (Å²) >= 11 is 0. The van der Waals surface area contributed by atoms with Gasteiger partial charge in [-0.25, -0.2) is 0 Å². The first-order valence-electron chi connectivity index (χ1n) is 5.07. The first-order valence-corrected chi connectivity index (χ1v) is 5.07. The maximum absolute atomic E-state index is 11.2. The minimum atomic E-state index is -1.04. The van der Waals surface area contributed by atoms with Crippen molar-refractivity contribution in [3.8, 4) is 0 Å². The third-order valence-corrected chi connectivity index (χ3v) is 2.22. The quantitative estimate of drug-likeness (QED) is 0.397. The number of nitrogens with zero attached hydrogens (tertiary/aromatic N) is 1. The minimum absolute atomic E-state index is 0.0576. The molecule has 18 heavy (non-hydrogen) atoms. The van der Waals surface area contributed by atoms with Crippen LogP contribution in [0.4, 0.5) is 11.4 Å². The van der Waals surface area contributed by atoms with E-state index in [9.17, 15) is 14.9 Å². The van der Waals surface area contributed by atoms with E-state index in [0.717, 1.165) is 6.07 Å². The normalized spacial score (nSPS) is 11.9. The van der Waals surface area contributed by atoms with E-state index < -0.39 is 29.2 Å². The number of anilines is 1. The molecule has 0 heterocycles. The highest BCUT2D eigenvalue weighted by Gasteiger charge is 2.22.